The van der Waals surface area contributed by atoms with E-state index >= 15 is 0 Å². The quantitative estimate of drug-likeness (QED) is 0.764. The Hall–Kier alpha value is -1.98. The SMILES string of the molecule is CC(=O)NCCC(O)C(O)c1ccc2ccccc2n1. The molecule has 1 aromatic heterocycles. The van der Waals surface area contributed by atoms with Crippen molar-refractivity contribution in [3.63, 3.8) is 0 Å². The zero-order chi connectivity index (χ0) is 14.5. The van der Waals surface area contributed by atoms with Gasteiger partial charge in [0.15, 0.2) is 0 Å². The number of rotatable bonds is 5. The molecule has 2 rings (SSSR count). The number of amides is 1. The van der Waals surface area contributed by atoms with E-state index in [1.54, 1.807) is 6.07 Å². The number of aliphatic hydroxyl groups is 2. The van der Waals surface area contributed by atoms with Gasteiger partial charge in [-0.25, -0.2) is 4.98 Å². The number of hydrogen-bond acceptors (Lipinski definition) is 4. The molecule has 5 heteroatoms. The van der Waals surface area contributed by atoms with Crippen LogP contribution in [0, 0.1) is 0 Å². The molecule has 0 aliphatic carbocycles. The van der Waals surface area contributed by atoms with Crippen LogP contribution in [0.3, 0.4) is 0 Å². The minimum absolute atomic E-state index is 0.157. The molecule has 1 aromatic carbocycles. The van der Waals surface area contributed by atoms with Crippen LogP contribution in [0.25, 0.3) is 10.9 Å². The lowest BCUT2D eigenvalue weighted by molar-refractivity contribution is -0.119. The maximum atomic E-state index is 10.7. The molecular formula is C15H18N2O3. The molecule has 2 unspecified atom stereocenters. The van der Waals surface area contributed by atoms with Gasteiger partial charge in [-0.1, -0.05) is 24.3 Å². The number of nitrogens with one attached hydrogen (secondary N) is 1. The number of nitrogens with zero attached hydrogens (tertiary/aromatic N) is 1. The van der Waals surface area contributed by atoms with Crippen molar-refractivity contribution in [1.29, 1.82) is 0 Å². The van der Waals surface area contributed by atoms with E-state index in [9.17, 15) is 15.0 Å². The maximum absolute atomic E-state index is 10.7. The summed E-state index contributed by atoms with van der Waals surface area (Å²) in [5, 5.41) is 23.6. The summed E-state index contributed by atoms with van der Waals surface area (Å²) in [6.07, 6.45) is -1.75. The van der Waals surface area contributed by atoms with E-state index in [2.05, 4.69) is 10.3 Å². The molecule has 0 aliphatic rings. The van der Waals surface area contributed by atoms with Gasteiger partial charge in [-0.05, 0) is 18.6 Å². The summed E-state index contributed by atoms with van der Waals surface area (Å²) in [4.78, 5) is 15.1. The standard InChI is InChI=1S/C15H18N2O3/c1-10(18)16-9-8-14(19)15(20)13-7-6-11-4-2-3-5-12(11)17-13/h2-7,14-15,19-20H,8-9H2,1H3,(H,16,18). The number of aromatic nitrogens is 1. The molecule has 2 aromatic rings. The van der Waals surface area contributed by atoms with Crippen LogP contribution in [0.1, 0.15) is 25.1 Å². The van der Waals surface area contributed by atoms with Crippen LogP contribution >= 0.6 is 0 Å². The fraction of sp³-hybridized carbons (Fsp3) is 0.333. The number of benzene rings is 1. The summed E-state index contributed by atoms with van der Waals surface area (Å²) in [5.41, 5.74) is 1.21. The number of aliphatic hydroxyl groups excluding tert-OH is 2. The third-order valence-corrected chi connectivity index (χ3v) is 3.10. The minimum atomic E-state index is -1.06. The number of para-hydroxylation sites is 1. The topological polar surface area (TPSA) is 82.5 Å². The van der Waals surface area contributed by atoms with Crippen molar-refractivity contribution in [2.24, 2.45) is 0 Å². The number of pyridine rings is 1. The van der Waals surface area contributed by atoms with E-state index in [-0.39, 0.29) is 12.3 Å². The Morgan fingerprint density at radius 3 is 2.75 bits per heavy atom. The molecule has 20 heavy (non-hydrogen) atoms. The smallest absolute Gasteiger partial charge is 0.216 e. The molecule has 0 saturated heterocycles. The van der Waals surface area contributed by atoms with Gasteiger partial charge in [-0.2, -0.15) is 0 Å². The summed E-state index contributed by atoms with van der Waals surface area (Å²) < 4.78 is 0. The summed E-state index contributed by atoms with van der Waals surface area (Å²) in [6, 6.07) is 11.2. The lowest BCUT2D eigenvalue weighted by Gasteiger charge is -2.17. The predicted octanol–water partition coefficient (Wildman–Crippen LogP) is 1.16. The molecule has 0 bridgehead atoms. The van der Waals surface area contributed by atoms with Crippen LogP contribution < -0.4 is 5.32 Å². The van der Waals surface area contributed by atoms with Crippen LogP contribution in [0.2, 0.25) is 0 Å². The molecule has 1 amide bonds. The Balaban J connectivity index is 2.06. The Bertz CT molecular complexity index is 600. The van der Waals surface area contributed by atoms with E-state index in [0.717, 1.165) is 10.9 Å². The van der Waals surface area contributed by atoms with E-state index < -0.39 is 12.2 Å². The summed E-state index contributed by atoms with van der Waals surface area (Å²) in [6.45, 7) is 1.73. The van der Waals surface area contributed by atoms with Gasteiger partial charge in [0.2, 0.25) is 5.91 Å². The first-order valence-electron chi connectivity index (χ1n) is 6.54. The van der Waals surface area contributed by atoms with Gasteiger partial charge in [0.25, 0.3) is 0 Å². The average Bonchev–Trinajstić information content (AvgIpc) is 2.45. The predicted molar refractivity (Wildman–Crippen MR) is 76.0 cm³/mol. The number of hydrogen-bond donors (Lipinski definition) is 3. The highest BCUT2D eigenvalue weighted by atomic mass is 16.3. The lowest BCUT2D eigenvalue weighted by Crippen LogP contribution is -2.28. The normalized spacial score (nSPS) is 13.9. The maximum Gasteiger partial charge on any atom is 0.216 e. The summed E-state index contributed by atoms with van der Waals surface area (Å²) in [7, 11) is 0. The van der Waals surface area contributed by atoms with Crippen LogP contribution in [0.15, 0.2) is 36.4 Å². The molecule has 0 spiro atoms. The largest absolute Gasteiger partial charge is 0.390 e. The number of carbonyl (C=O) groups excluding carboxylic acids is 1. The van der Waals surface area contributed by atoms with Gasteiger partial charge in [-0.15, -0.1) is 0 Å². The van der Waals surface area contributed by atoms with Crippen LogP contribution in [-0.2, 0) is 4.79 Å². The Morgan fingerprint density at radius 1 is 1.25 bits per heavy atom. The number of carbonyl (C=O) groups is 1. The van der Waals surface area contributed by atoms with Gasteiger partial charge in [-0.3, -0.25) is 4.79 Å². The molecule has 2 atom stereocenters. The molecule has 0 aliphatic heterocycles. The van der Waals surface area contributed by atoms with Crippen LogP contribution in [-0.4, -0.2) is 33.8 Å². The monoisotopic (exact) mass is 274 g/mol. The highest BCUT2D eigenvalue weighted by molar-refractivity contribution is 5.78. The first-order chi connectivity index (χ1) is 9.58. The Kier molecular flexibility index (Phi) is 4.65. The third kappa shape index (κ3) is 3.53. The molecule has 106 valence electrons. The third-order valence-electron chi connectivity index (χ3n) is 3.10. The van der Waals surface area contributed by atoms with Crippen molar-refractivity contribution in [1.82, 2.24) is 10.3 Å². The molecule has 1 heterocycles. The second-order valence-electron chi connectivity index (χ2n) is 4.71. The van der Waals surface area contributed by atoms with Gasteiger partial charge in [0.1, 0.15) is 6.10 Å². The van der Waals surface area contributed by atoms with Crippen molar-refractivity contribution in [2.45, 2.75) is 25.6 Å². The Labute approximate surface area is 117 Å². The fourth-order valence-electron chi connectivity index (χ4n) is 2.00. The molecule has 3 N–H and O–H groups in total. The first-order valence-corrected chi connectivity index (χ1v) is 6.54. The summed E-state index contributed by atoms with van der Waals surface area (Å²) >= 11 is 0. The van der Waals surface area contributed by atoms with Gasteiger partial charge >= 0.3 is 0 Å². The van der Waals surface area contributed by atoms with E-state index in [1.807, 2.05) is 30.3 Å². The minimum Gasteiger partial charge on any atom is -0.390 e. The van der Waals surface area contributed by atoms with Crippen molar-refractivity contribution in [2.75, 3.05) is 6.54 Å². The molecule has 5 nitrogen and oxygen atoms in total. The highest BCUT2D eigenvalue weighted by Crippen LogP contribution is 2.20. The molecular weight excluding hydrogens is 256 g/mol. The highest BCUT2D eigenvalue weighted by Gasteiger charge is 2.19. The van der Waals surface area contributed by atoms with Crippen LogP contribution in [0.5, 0.6) is 0 Å². The summed E-state index contributed by atoms with van der Waals surface area (Å²) in [5.74, 6) is -0.157. The zero-order valence-corrected chi connectivity index (χ0v) is 11.3. The van der Waals surface area contributed by atoms with E-state index in [0.29, 0.717) is 12.2 Å². The number of fused-ring (bicyclic) bond motifs is 1. The van der Waals surface area contributed by atoms with Gasteiger partial charge in [0, 0.05) is 18.9 Å². The second-order valence-corrected chi connectivity index (χ2v) is 4.71. The van der Waals surface area contributed by atoms with E-state index in [4.69, 9.17) is 0 Å². The second kappa shape index (κ2) is 6.45. The van der Waals surface area contributed by atoms with Crippen molar-refractivity contribution in [3.05, 3.63) is 42.1 Å². The molecule has 0 saturated carbocycles. The average molecular weight is 274 g/mol. The van der Waals surface area contributed by atoms with Gasteiger partial charge < -0.3 is 15.5 Å². The van der Waals surface area contributed by atoms with Gasteiger partial charge in [0.05, 0.1) is 17.3 Å². The molecule has 0 radical (unpaired) electrons. The zero-order valence-electron chi connectivity index (χ0n) is 11.3. The van der Waals surface area contributed by atoms with Crippen molar-refractivity contribution in [3.8, 4) is 0 Å². The fourth-order valence-corrected chi connectivity index (χ4v) is 2.00. The lowest BCUT2D eigenvalue weighted by atomic mass is 10.1. The van der Waals surface area contributed by atoms with E-state index in [1.165, 1.54) is 6.92 Å². The van der Waals surface area contributed by atoms with Crippen molar-refractivity contribution >= 4 is 16.8 Å². The Morgan fingerprint density at radius 2 is 2.00 bits per heavy atom. The van der Waals surface area contributed by atoms with Crippen molar-refractivity contribution < 1.29 is 15.0 Å². The van der Waals surface area contributed by atoms with Crippen LogP contribution in [0.4, 0.5) is 0 Å². The first kappa shape index (κ1) is 14.4. The molecule has 0 fully saturated rings.